The molecule has 3 aromatic heterocycles. The van der Waals surface area contributed by atoms with Crippen LogP contribution in [0.5, 0.6) is 0 Å². The van der Waals surface area contributed by atoms with Gasteiger partial charge in [-0.1, -0.05) is 0 Å². The molecule has 2 atom stereocenters. The highest BCUT2D eigenvalue weighted by Gasteiger charge is 2.40. The molecule has 3 heterocycles. The van der Waals surface area contributed by atoms with Gasteiger partial charge in [0.2, 0.25) is 0 Å². The topological polar surface area (TPSA) is 120 Å². The van der Waals surface area contributed by atoms with Gasteiger partial charge in [0.15, 0.2) is 0 Å². The van der Waals surface area contributed by atoms with Gasteiger partial charge in [0, 0.05) is 23.2 Å². The van der Waals surface area contributed by atoms with Crippen molar-refractivity contribution in [3.8, 4) is 0 Å². The molecule has 4 N–H and O–H groups in total. The smallest absolute Gasteiger partial charge is 0.271 e. The molecule has 0 radical (unpaired) electrons. The van der Waals surface area contributed by atoms with Gasteiger partial charge in [-0.3, -0.25) is 9.59 Å². The molecule has 0 bridgehead atoms. The van der Waals surface area contributed by atoms with Crippen molar-refractivity contribution in [3.63, 3.8) is 0 Å². The lowest BCUT2D eigenvalue weighted by Gasteiger charge is -2.06. The first-order valence-electron chi connectivity index (χ1n) is 7.75. The Labute approximate surface area is 146 Å². The molecule has 3 aromatic rings. The number of carbonyl (C=O) groups excluding carboxylic acids is 2. The van der Waals surface area contributed by atoms with E-state index in [1.807, 2.05) is 6.07 Å². The van der Waals surface area contributed by atoms with Crippen molar-refractivity contribution >= 4 is 34.2 Å². The zero-order chi connectivity index (χ0) is 17.4. The van der Waals surface area contributed by atoms with Gasteiger partial charge in [-0.2, -0.15) is 0 Å². The van der Waals surface area contributed by atoms with Gasteiger partial charge in [0.05, 0.1) is 24.3 Å². The summed E-state index contributed by atoms with van der Waals surface area (Å²) in [7, 11) is 0. The summed E-state index contributed by atoms with van der Waals surface area (Å²) in [5.74, 6) is -0.486. The van der Waals surface area contributed by atoms with Crippen molar-refractivity contribution in [2.24, 2.45) is 0 Å². The number of hydrogen-bond donors (Lipinski definition) is 4. The molecule has 0 aliphatic heterocycles. The monoisotopic (exact) mass is 357 g/mol. The van der Waals surface area contributed by atoms with E-state index in [1.54, 1.807) is 23.8 Å². The van der Waals surface area contributed by atoms with Gasteiger partial charge in [0.1, 0.15) is 16.3 Å². The molecule has 8 nitrogen and oxygen atoms in total. The Bertz CT molecular complexity index is 950. The Balaban J connectivity index is 1.36. The lowest BCUT2D eigenvalue weighted by Crippen LogP contribution is -2.35. The molecule has 2 amide bonds. The molecular weight excluding hydrogens is 342 g/mol. The van der Waals surface area contributed by atoms with Crippen molar-refractivity contribution in [1.29, 1.82) is 0 Å². The standard InChI is InChI=1S/C16H15N5O3S/c22-6-13-19-12(7-25-13)16(24)21-11-5-10(11)20-15(23)9-2-4-18-14-8(9)1-3-17-14/h1-4,7,10-11,22H,5-6H2,(H,17,18)(H,20,23)(H,21,24)/t10-,11-/m1/s1. The van der Waals surface area contributed by atoms with Crippen LogP contribution in [-0.2, 0) is 6.61 Å². The van der Waals surface area contributed by atoms with E-state index >= 15 is 0 Å². The molecule has 1 aliphatic carbocycles. The zero-order valence-corrected chi connectivity index (χ0v) is 13.8. The number of carbonyl (C=O) groups is 2. The second-order valence-electron chi connectivity index (χ2n) is 5.78. The highest BCUT2D eigenvalue weighted by molar-refractivity contribution is 7.09. The number of nitrogens with one attached hydrogen (secondary N) is 3. The first kappa shape index (κ1) is 15.7. The third kappa shape index (κ3) is 3.11. The number of aromatic nitrogens is 3. The quantitative estimate of drug-likeness (QED) is 0.539. The fourth-order valence-corrected chi connectivity index (χ4v) is 3.28. The minimum Gasteiger partial charge on any atom is -0.389 e. The second kappa shape index (κ2) is 6.26. The summed E-state index contributed by atoms with van der Waals surface area (Å²) >= 11 is 1.24. The van der Waals surface area contributed by atoms with Crippen LogP contribution in [0.2, 0.25) is 0 Å². The maximum absolute atomic E-state index is 12.4. The number of H-pyrrole nitrogens is 1. The van der Waals surface area contributed by atoms with Gasteiger partial charge < -0.3 is 20.7 Å². The number of aliphatic hydroxyl groups excluding tert-OH is 1. The van der Waals surface area contributed by atoms with Crippen molar-refractivity contribution in [3.05, 3.63) is 46.2 Å². The molecule has 128 valence electrons. The van der Waals surface area contributed by atoms with Crippen LogP contribution in [0.1, 0.15) is 32.3 Å². The summed E-state index contributed by atoms with van der Waals surface area (Å²) in [6.45, 7) is -0.181. The largest absolute Gasteiger partial charge is 0.389 e. The lowest BCUT2D eigenvalue weighted by molar-refractivity contribution is 0.0925. The van der Waals surface area contributed by atoms with Crippen LogP contribution in [0.25, 0.3) is 11.0 Å². The Morgan fingerprint density at radius 3 is 2.84 bits per heavy atom. The Kier molecular flexibility index (Phi) is 3.94. The Hall–Kier alpha value is -2.78. The van der Waals surface area contributed by atoms with Crippen LogP contribution in [0.3, 0.4) is 0 Å². The number of amides is 2. The predicted molar refractivity (Wildman–Crippen MR) is 91.3 cm³/mol. The summed E-state index contributed by atoms with van der Waals surface area (Å²) in [4.78, 5) is 35.7. The van der Waals surface area contributed by atoms with E-state index in [9.17, 15) is 9.59 Å². The molecule has 0 spiro atoms. The van der Waals surface area contributed by atoms with Crippen molar-refractivity contribution in [2.75, 3.05) is 0 Å². The fourth-order valence-electron chi connectivity index (χ4n) is 2.65. The molecular formula is C16H15N5O3S. The van der Waals surface area contributed by atoms with Crippen LogP contribution >= 0.6 is 11.3 Å². The fraction of sp³-hybridized carbons (Fsp3) is 0.250. The summed E-state index contributed by atoms with van der Waals surface area (Å²) in [6.07, 6.45) is 4.00. The van der Waals surface area contributed by atoms with Crippen molar-refractivity contribution < 1.29 is 14.7 Å². The number of hydrogen-bond acceptors (Lipinski definition) is 6. The average molecular weight is 357 g/mol. The van der Waals surface area contributed by atoms with Crippen LogP contribution < -0.4 is 10.6 Å². The van der Waals surface area contributed by atoms with E-state index in [1.165, 1.54) is 11.3 Å². The van der Waals surface area contributed by atoms with E-state index in [4.69, 9.17) is 5.11 Å². The zero-order valence-electron chi connectivity index (χ0n) is 13.0. The summed E-state index contributed by atoms with van der Waals surface area (Å²) < 4.78 is 0. The lowest BCUT2D eigenvalue weighted by atomic mass is 10.2. The van der Waals surface area contributed by atoms with Crippen molar-refractivity contribution in [2.45, 2.75) is 25.1 Å². The van der Waals surface area contributed by atoms with Crippen LogP contribution in [-0.4, -0.2) is 44.0 Å². The molecule has 1 fully saturated rings. The number of aromatic amines is 1. The highest BCUT2D eigenvalue weighted by Crippen LogP contribution is 2.23. The predicted octanol–water partition coefficient (Wildman–Crippen LogP) is 0.812. The molecule has 25 heavy (non-hydrogen) atoms. The summed E-state index contributed by atoms with van der Waals surface area (Å²) in [5, 5.41) is 17.6. The van der Waals surface area contributed by atoms with Crippen LogP contribution in [0, 0.1) is 0 Å². The van der Waals surface area contributed by atoms with Crippen LogP contribution in [0.4, 0.5) is 0 Å². The second-order valence-corrected chi connectivity index (χ2v) is 6.72. The molecule has 1 aliphatic rings. The number of thiazole rings is 1. The number of aliphatic hydroxyl groups is 1. The van der Waals surface area contributed by atoms with Gasteiger partial charge in [-0.25, -0.2) is 9.97 Å². The number of nitrogens with zero attached hydrogens (tertiary/aromatic N) is 2. The van der Waals surface area contributed by atoms with E-state index in [2.05, 4.69) is 25.6 Å². The normalized spacial score (nSPS) is 18.9. The van der Waals surface area contributed by atoms with Gasteiger partial charge in [0.25, 0.3) is 11.8 Å². The maximum Gasteiger partial charge on any atom is 0.271 e. The van der Waals surface area contributed by atoms with E-state index in [0.717, 1.165) is 5.39 Å². The van der Waals surface area contributed by atoms with Crippen molar-refractivity contribution in [1.82, 2.24) is 25.6 Å². The molecule has 1 saturated carbocycles. The van der Waals surface area contributed by atoms with Crippen LogP contribution in [0.15, 0.2) is 29.9 Å². The van der Waals surface area contributed by atoms with E-state index < -0.39 is 0 Å². The maximum atomic E-state index is 12.4. The average Bonchev–Trinajstić information content (AvgIpc) is 3.06. The summed E-state index contributed by atoms with van der Waals surface area (Å²) in [5.41, 5.74) is 1.50. The third-order valence-electron chi connectivity index (χ3n) is 4.05. The number of pyridine rings is 1. The number of rotatable bonds is 5. The molecule has 0 unspecified atom stereocenters. The molecule has 9 heteroatoms. The Morgan fingerprint density at radius 2 is 2.08 bits per heavy atom. The molecule has 4 rings (SSSR count). The minimum absolute atomic E-state index is 0.102. The first-order valence-corrected chi connectivity index (χ1v) is 8.63. The van der Waals surface area contributed by atoms with E-state index in [0.29, 0.717) is 22.6 Å². The SMILES string of the molecule is O=C(N[C@@H]1C[C@H]1NC(=O)c1ccnc2[nH]ccc12)c1csc(CO)n1. The van der Waals surface area contributed by atoms with Gasteiger partial charge in [-0.05, 0) is 18.6 Å². The van der Waals surface area contributed by atoms with Gasteiger partial charge >= 0.3 is 0 Å². The Morgan fingerprint density at radius 1 is 1.28 bits per heavy atom. The highest BCUT2D eigenvalue weighted by atomic mass is 32.1. The minimum atomic E-state index is -0.297. The van der Waals surface area contributed by atoms with E-state index in [-0.39, 0.29) is 36.2 Å². The number of fused-ring (bicyclic) bond motifs is 1. The third-order valence-corrected chi connectivity index (χ3v) is 4.88. The summed E-state index contributed by atoms with van der Waals surface area (Å²) in [6, 6.07) is 3.27. The molecule has 0 aromatic carbocycles. The van der Waals surface area contributed by atoms with Gasteiger partial charge in [-0.15, -0.1) is 11.3 Å². The first-order chi connectivity index (χ1) is 12.2. The molecule has 0 saturated heterocycles.